The van der Waals surface area contributed by atoms with Gasteiger partial charge >= 0.3 is 0 Å². The Morgan fingerprint density at radius 3 is 3.25 bits per heavy atom. The van der Waals surface area contributed by atoms with Gasteiger partial charge in [-0.25, -0.2) is 4.98 Å². The number of morpholine rings is 1. The van der Waals surface area contributed by atoms with E-state index in [1.807, 2.05) is 18.2 Å². The van der Waals surface area contributed by atoms with E-state index >= 15 is 0 Å². The summed E-state index contributed by atoms with van der Waals surface area (Å²) in [7, 11) is 0. The SMILES string of the molecule is Clc1ccc2nc(C3CNCCO3)sc2c1. The first-order chi connectivity index (χ1) is 7.83. The van der Waals surface area contributed by atoms with Crippen LogP contribution >= 0.6 is 22.9 Å². The molecule has 1 aliphatic rings. The van der Waals surface area contributed by atoms with Gasteiger partial charge in [-0.2, -0.15) is 0 Å². The smallest absolute Gasteiger partial charge is 0.124 e. The average molecular weight is 255 g/mol. The number of nitrogens with zero attached hydrogens (tertiary/aromatic N) is 1. The first-order valence-corrected chi connectivity index (χ1v) is 6.41. The van der Waals surface area contributed by atoms with Crippen LogP contribution in [-0.2, 0) is 4.74 Å². The summed E-state index contributed by atoms with van der Waals surface area (Å²) >= 11 is 7.61. The highest BCUT2D eigenvalue weighted by molar-refractivity contribution is 7.18. The first kappa shape index (κ1) is 10.5. The average Bonchev–Trinajstić information content (AvgIpc) is 2.73. The van der Waals surface area contributed by atoms with Crippen LogP contribution in [0.2, 0.25) is 5.02 Å². The van der Waals surface area contributed by atoms with Crippen LogP contribution in [0.1, 0.15) is 11.1 Å². The van der Waals surface area contributed by atoms with Gasteiger partial charge in [0.15, 0.2) is 0 Å². The molecule has 0 aliphatic carbocycles. The molecular weight excluding hydrogens is 244 g/mol. The molecule has 2 heterocycles. The van der Waals surface area contributed by atoms with E-state index in [9.17, 15) is 0 Å². The van der Waals surface area contributed by atoms with Crippen molar-refractivity contribution in [2.75, 3.05) is 19.7 Å². The molecule has 0 saturated carbocycles. The van der Waals surface area contributed by atoms with E-state index in [4.69, 9.17) is 16.3 Å². The molecule has 1 N–H and O–H groups in total. The second-order valence-corrected chi connectivity index (χ2v) is 5.23. The zero-order valence-electron chi connectivity index (χ0n) is 8.57. The monoisotopic (exact) mass is 254 g/mol. The van der Waals surface area contributed by atoms with Crippen LogP contribution < -0.4 is 5.32 Å². The van der Waals surface area contributed by atoms with Gasteiger partial charge in [0.25, 0.3) is 0 Å². The lowest BCUT2D eigenvalue weighted by molar-refractivity contribution is 0.0277. The molecule has 3 rings (SSSR count). The van der Waals surface area contributed by atoms with Crippen molar-refractivity contribution < 1.29 is 4.74 Å². The molecule has 1 aromatic heterocycles. The topological polar surface area (TPSA) is 34.2 Å². The molecule has 1 aromatic carbocycles. The highest BCUT2D eigenvalue weighted by Gasteiger charge is 2.19. The predicted molar refractivity (Wildman–Crippen MR) is 66.2 cm³/mol. The summed E-state index contributed by atoms with van der Waals surface area (Å²) in [5.74, 6) is 0. The summed E-state index contributed by atoms with van der Waals surface area (Å²) in [6.45, 7) is 2.52. The minimum absolute atomic E-state index is 0.0879. The van der Waals surface area contributed by atoms with Crippen molar-refractivity contribution in [3.63, 3.8) is 0 Å². The summed E-state index contributed by atoms with van der Waals surface area (Å²) in [6.07, 6.45) is 0.0879. The lowest BCUT2D eigenvalue weighted by Gasteiger charge is -2.21. The Labute approximate surface area is 102 Å². The fraction of sp³-hybridized carbons (Fsp3) is 0.364. The Balaban J connectivity index is 1.97. The molecule has 0 spiro atoms. The first-order valence-electron chi connectivity index (χ1n) is 5.21. The number of halogens is 1. The maximum absolute atomic E-state index is 5.95. The number of fused-ring (bicyclic) bond motifs is 1. The number of thiazole rings is 1. The third-order valence-corrected chi connectivity index (χ3v) is 3.92. The lowest BCUT2D eigenvalue weighted by atomic mass is 10.3. The number of rotatable bonds is 1. The second kappa shape index (κ2) is 4.30. The molecule has 3 nitrogen and oxygen atoms in total. The van der Waals surface area contributed by atoms with Crippen molar-refractivity contribution in [3.8, 4) is 0 Å². The maximum atomic E-state index is 5.95. The molecule has 0 radical (unpaired) electrons. The molecule has 1 saturated heterocycles. The molecule has 1 aliphatic heterocycles. The van der Waals surface area contributed by atoms with Gasteiger partial charge in [0.05, 0.1) is 16.8 Å². The van der Waals surface area contributed by atoms with Gasteiger partial charge in [-0.3, -0.25) is 0 Å². The van der Waals surface area contributed by atoms with E-state index in [1.165, 1.54) is 0 Å². The van der Waals surface area contributed by atoms with Crippen molar-refractivity contribution in [1.29, 1.82) is 0 Å². The van der Waals surface area contributed by atoms with E-state index < -0.39 is 0 Å². The highest BCUT2D eigenvalue weighted by Crippen LogP contribution is 2.30. The number of hydrogen-bond acceptors (Lipinski definition) is 4. The zero-order chi connectivity index (χ0) is 11.0. The maximum Gasteiger partial charge on any atom is 0.124 e. The summed E-state index contributed by atoms with van der Waals surface area (Å²) in [5, 5.41) is 5.09. The van der Waals surface area contributed by atoms with Gasteiger partial charge < -0.3 is 10.1 Å². The van der Waals surface area contributed by atoms with E-state index in [0.29, 0.717) is 0 Å². The van der Waals surface area contributed by atoms with Crippen molar-refractivity contribution in [2.45, 2.75) is 6.10 Å². The quantitative estimate of drug-likeness (QED) is 0.850. The van der Waals surface area contributed by atoms with Gasteiger partial charge in [0, 0.05) is 18.1 Å². The highest BCUT2D eigenvalue weighted by atomic mass is 35.5. The second-order valence-electron chi connectivity index (χ2n) is 3.73. The number of benzene rings is 1. The fourth-order valence-corrected chi connectivity index (χ4v) is 3.07. The Morgan fingerprint density at radius 2 is 2.44 bits per heavy atom. The Morgan fingerprint density at radius 1 is 1.50 bits per heavy atom. The van der Waals surface area contributed by atoms with E-state index in [-0.39, 0.29) is 6.10 Å². The van der Waals surface area contributed by atoms with Gasteiger partial charge in [-0.1, -0.05) is 11.6 Å². The third-order valence-electron chi connectivity index (χ3n) is 2.57. The van der Waals surface area contributed by atoms with Crippen LogP contribution in [0, 0.1) is 0 Å². The van der Waals surface area contributed by atoms with Crippen molar-refractivity contribution >= 4 is 33.2 Å². The lowest BCUT2D eigenvalue weighted by Crippen LogP contribution is -2.33. The predicted octanol–water partition coefficient (Wildman–Crippen LogP) is 2.61. The van der Waals surface area contributed by atoms with Crippen molar-refractivity contribution in [3.05, 3.63) is 28.2 Å². The molecule has 0 bridgehead atoms. The molecule has 84 valence electrons. The molecule has 1 unspecified atom stereocenters. The number of aromatic nitrogens is 1. The molecule has 0 amide bonds. The number of nitrogens with one attached hydrogen (secondary N) is 1. The zero-order valence-corrected chi connectivity index (χ0v) is 10.1. The van der Waals surface area contributed by atoms with E-state index in [2.05, 4.69) is 10.3 Å². The van der Waals surface area contributed by atoms with Gasteiger partial charge in [-0.05, 0) is 18.2 Å². The van der Waals surface area contributed by atoms with E-state index in [1.54, 1.807) is 11.3 Å². The van der Waals surface area contributed by atoms with Crippen LogP contribution in [-0.4, -0.2) is 24.7 Å². The Bertz CT molecular complexity index is 508. The summed E-state index contributed by atoms with van der Waals surface area (Å²) in [5.41, 5.74) is 0.999. The normalized spacial score (nSPS) is 21.4. The van der Waals surface area contributed by atoms with Crippen LogP contribution in [0.15, 0.2) is 18.2 Å². The van der Waals surface area contributed by atoms with E-state index in [0.717, 1.165) is 39.9 Å². The summed E-state index contributed by atoms with van der Waals surface area (Å²) in [6, 6.07) is 5.77. The number of hydrogen-bond donors (Lipinski definition) is 1. The fourth-order valence-electron chi connectivity index (χ4n) is 1.78. The van der Waals surface area contributed by atoms with Gasteiger partial charge in [-0.15, -0.1) is 11.3 Å². The minimum Gasteiger partial charge on any atom is -0.368 e. The molecule has 1 atom stereocenters. The van der Waals surface area contributed by atoms with Crippen LogP contribution in [0.25, 0.3) is 10.2 Å². The number of ether oxygens (including phenoxy) is 1. The largest absolute Gasteiger partial charge is 0.368 e. The third kappa shape index (κ3) is 1.94. The summed E-state index contributed by atoms with van der Waals surface area (Å²) in [4.78, 5) is 4.57. The standard InChI is InChI=1S/C11H11ClN2OS/c12-7-1-2-8-10(5-7)16-11(14-8)9-6-13-3-4-15-9/h1-2,5,9,13H,3-4,6H2. The Kier molecular flexibility index (Phi) is 2.81. The summed E-state index contributed by atoms with van der Waals surface area (Å²) < 4.78 is 6.80. The molecular formula is C11H11ClN2OS. The van der Waals surface area contributed by atoms with Gasteiger partial charge in [0.2, 0.25) is 0 Å². The van der Waals surface area contributed by atoms with Crippen LogP contribution in [0.5, 0.6) is 0 Å². The molecule has 5 heteroatoms. The van der Waals surface area contributed by atoms with Crippen LogP contribution in [0.3, 0.4) is 0 Å². The van der Waals surface area contributed by atoms with Crippen molar-refractivity contribution in [1.82, 2.24) is 10.3 Å². The van der Waals surface area contributed by atoms with Gasteiger partial charge in [0.1, 0.15) is 11.1 Å². The Hall–Kier alpha value is -0.680. The molecule has 1 fully saturated rings. The minimum atomic E-state index is 0.0879. The van der Waals surface area contributed by atoms with Crippen molar-refractivity contribution in [2.24, 2.45) is 0 Å². The molecule has 2 aromatic rings. The molecule has 16 heavy (non-hydrogen) atoms. The van der Waals surface area contributed by atoms with Crippen LogP contribution in [0.4, 0.5) is 0 Å².